The molecule has 0 aromatic heterocycles. The van der Waals surface area contributed by atoms with Crippen molar-refractivity contribution >= 4 is 46.7 Å². The van der Waals surface area contributed by atoms with Crippen LogP contribution in [0.2, 0.25) is 0 Å². The zero-order valence-electron chi connectivity index (χ0n) is 15.5. The summed E-state index contributed by atoms with van der Waals surface area (Å²) in [7, 11) is -4.38. The van der Waals surface area contributed by atoms with E-state index in [0.29, 0.717) is 4.31 Å². The lowest BCUT2D eigenvalue weighted by Crippen LogP contribution is -2.46. The monoisotopic (exact) mass is 459 g/mol. The second-order valence-corrected chi connectivity index (χ2v) is 7.79. The van der Waals surface area contributed by atoms with Gasteiger partial charge in [0.15, 0.2) is 0 Å². The molecule has 0 bridgehead atoms. The van der Waals surface area contributed by atoms with Crippen LogP contribution in [0.25, 0.3) is 0 Å². The van der Waals surface area contributed by atoms with Gasteiger partial charge in [0.1, 0.15) is 0 Å². The molecule has 1 atom stereocenters. The van der Waals surface area contributed by atoms with E-state index in [1.54, 1.807) is 36.4 Å². The molecule has 0 saturated heterocycles. The fourth-order valence-corrected chi connectivity index (χ4v) is 4.19. The summed E-state index contributed by atoms with van der Waals surface area (Å²) >= 11 is 0. The lowest BCUT2D eigenvalue weighted by atomic mass is 10.2. The second-order valence-electron chi connectivity index (χ2n) is 5.79. The number of nitrogens with zero attached hydrogens (tertiary/aromatic N) is 1. The molecule has 2 aromatic rings. The Bertz CT molecular complexity index is 853. The summed E-state index contributed by atoms with van der Waals surface area (Å²) in [5.41, 5.74) is 0.158. The molecular weight excluding hydrogens is 437 g/mol. The summed E-state index contributed by atoms with van der Waals surface area (Å²) < 4.78 is 26.6. The number of hydrogen-bond donors (Lipinski definition) is 1. The van der Waals surface area contributed by atoms with Gasteiger partial charge < -0.3 is 5.11 Å². The minimum Gasteiger partial charge on any atom is -0.396 e. The van der Waals surface area contributed by atoms with Gasteiger partial charge in [0.25, 0.3) is 21.8 Å². The second kappa shape index (κ2) is 12.4. The molecule has 1 N–H and O–H groups in total. The van der Waals surface area contributed by atoms with Gasteiger partial charge >= 0.3 is 0 Å². The van der Waals surface area contributed by atoms with E-state index in [0.717, 1.165) is 0 Å². The summed E-state index contributed by atoms with van der Waals surface area (Å²) in [4.78, 5) is 25.9. The molecule has 2 amide bonds. The first-order valence-electron chi connectivity index (χ1n) is 8.39. The van der Waals surface area contributed by atoms with Crippen LogP contribution in [0.4, 0.5) is 0 Å². The van der Waals surface area contributed by atoms with Crippen LogP contribution in [0.15, 0.2) is 73.3 Å². The highest BCUT2D eigenvalue weighted by atomic mass is 35.5. The minimum absolute atomic E-state index is 0. The highest BCUT2D eigenvalue weighted by Crippen LogP contribution is 2.21. The molecule has 2 aromatic carbocycles. The predicted molar refractivity (Wildman–Crippen MR) is 117 cm³/mol. The Balaban J connectivity index is 0.00000392. The smallest absolute Gasteiger partial charge is 0.274 e. The van der Waals surface area contributed by atoms with Crippen LogP contribution in [0, 0.1) is 0 Å². The van der Waals surface area contributed by atoms with Crippen molar-refractivity contribution in [1.82, 2.24) is 4.31 Å². The van der Waals surface area contributed by atoms with Crippen LogP contribution in [-0.4, -0.2) is 41.5 Å². The average Bonchev–Trinajstić information content (AvgIpc) is 2.69. The van der Waals surface area contributed by atoms with Crippen molar-refractivity contribution in [3.05, 3.63) is 84.4 Å². The fourth-order valence-electron chi connectivity index (χ4n) is 2.54. The predicted octanol–water partition coefficient (Wildman–Crippen LogP) is 3.47. The molecule has 0 fully saturated rings. The first-order valence-corrected chi connectivity index (χ1v) is 9.90. The molecule has 1 unspecified atom stereocenters. The third kappa shape index (κ3) is 6.40. The molecule has 158 valence electrons. The van der Waals surface area contributed by atoms with Crippen LogP contribution in [0.3, 0.4) is 0 Å². The van der Waals surface area contributed by atoms with Crippen molar-refractivity contribution in [3.63, 3.8) is 0 Å². The Labute approximate surface area is 183 Å². The van der Waals surface area contributed by atoms with E-state index in [4.69, 9.17) is 5.11 Å². The van der Waals surface area contributed by atoms with Crippen molar-refractivity contribution in [3.8, 4) is 0 Å². The van der Waals surface area contributed by atoms with Crippen LogP contribution in [0.1, 0.15) is 33.6 Å². The maximum atomic E-state index is 13.1. The van der Waals surface area contributed by atoms with Crippen LogP contribution < -0.4 is 0 Å². The average molecular weight is 460 g/mol. The van der Waals surface area contributed by atoms with Crippen molar-refractivity contribution in [2.45, 2.75) is 18.1 Å². The lowest BCUT2D eigenvalue weighted by Gasteiger charge is -2.25. The quantitative estimate of drug-likeness (QED) is 0.481. The molecular formula is C20H23Cl2NO5S. The van der Waals surface area contributed by atoms with Crippen molar-refractivity contribution < 1.29 is 23.1 Å². The van der Waals surface area contributed by atoms with E-state index < -0.39 is 27.1 Å². The Kier molecular flexibility index (Phi) is 11.5. The van der Waals surface area contributed by atoms with Gasteiger partial charge in [0.05, 0.1) is 5.25 Å². The highest BCUT2D eigenvalue weighted by molar-refractivity contribution is 7.91. The first-order chi connectivity index (χ1) is 12.9. The summed E-state index contributed by atoms with van der Waals surface area (Å²) in [5, 5.41) is 7.84. The zero-order chi connectivity index (χ0) is 19.9. The number of benzene rings is 2. The number of carbonyl (C=O) groups excluding carboxylic acids is 2. The van der Waals surface area contributed by atoms with Gasteiger partial charge in [0, 0.05) is 17.7 Å². The molecule has 6 nitrogen and oxygen atoms in total. The number of halogens is 2. The van der Waals surface area contributed by atoms with Gasteiger partial charge in [0.2, 0.25) is 0 Å². The Hall–Kier alpha value is -2.19. The molecule has 0 saturated carbocycles. The van der Waals surface area contributed by atoms with E-state index in [-0.39, 0.29) is 55.4 Å². The Morgan fingerprint density at radius 1 is 0.931 bits per heavy atom. The number of rotatable bonds is 8. The number of imide groups is 1. The number of amides is 2. The van der Waals surface area contributed by atoms with Crippen molar-refractivity contribution in [2.75, 3.05) is 6.61 Å². The normalized spacial score (nSPS) is 11.3. The van der Waals surface area contributed by atoms with Gasteiger partial charge in [-0.15, -0.1) is 31.4 Å². The van der Waals surface area contributed by atoms with Gasteiger partial charge in [-0.3, -0.25) is 9.59 Å². The summed E-state index contributed by atoms with van der Waals surface area (Å²) in [6.07, 6.45) is 1.42. The SMILES string of the molecule is C=CC(CCCO)S(=O)(=O)N(C(=O)c1ccccc1)C(=O)c1ccccc1.Cl.Cl. The molecule has 9 heteroatoms. The van der Waals surface area contributed by atoms with Crippen LogP contribution in [0.5, 0.6) is 0 Å². The molecule has 0 heterocycles. The van der Waals surface area contributed by atoms with Gasteiger partial charge in [-0.1, -0.05) is 42.5 Å². The van der Waals surface area contributed by atoms with Crippen LogP contribution in [-0.2, 0) is 10.0 Å². The lowest BCUT2D eigenvalue weighted by molar-refractivity contribution is 0.0730. The fraction of sp³-hybridized carbons (Fsp3) is 0.200. The minimum atomic E-state index is -4.38. The van der Waals surface area contributed by atoms with E-state index >= 15 is 0 Å². The zero-order valence-corrected chi connectivity index (χ0v) is 18.0. The van der Waals surface area contributed by atoms with Crippen molar-refractivity contribution in [1.29, 1.82) is 0 Å². The maximum Gasteiger partial charge on any atom is 0.274 e. The topological polar surface area (TPSA) is 91.8 Å². The van der Waals surface area contributed by atoms with Crippen LogP contribution >= 0.6 is 24.8 Å². The standard InChI is InChI=1S/C20H21NO5S.2ClH/c1-2-18(14-9-15-22)27(25,26)21(19(23)16-10-5-3-6-11-16)20(24)17-12-7-4-8-13-17;;/h2-8,10-13,18,22H,1,9,14-15H2;2*1H. The Morgan fingerprint density at radius 3 is 1.69 bits per heavy atom. The molecule has 29 heavy (non-hydrogen) atoms. The number of hydrogen-bond acceptors (Lipinski definition) is 5. The maximum absolute atomic E-state index is 13.1. The molecule has 0 radical (unpaired) electrons. The highest BCUT2D eigenvalue weighted by Gasteiger charge is 2.39. The Morgan fingerprint density at radius 2 is 1.34 bits per heavy atom. The number of aliphatic hydroxyl groups excluding tert-OH is 1. The molecule has 0 aliphatic carbocycles. The number of sulfonamides is 1. The van der Waals surface area contributed by atoms with Gasteiger partial charge in [-0.2, -0.15) is 4.31 Å². The number of aliphatic hydroxyl groups is 1. The van der Waals surface area contributed by atoms with Gasteiger partial charge in [-0.05, 0) is 37.1 Å². The van der Waals surface area contributed by atoms with E-state index in [1.807, 2.05) is 0 Å². The summed E-state index contributed by atoms with van der Waals surface area (Å²) in [6.45, 7) is 3.31. The summed E-state index contributed by atoms with van der Waals surface area (Å²) in [6, 6.07) is 15.5. The van der Waals surface area contributed by atoms with E-state index in [2.05, 4.69) is 6.58 Å². The molecule has 0 aliphatic rings. The number of carbonyl (C=O) groups is 2. The molecule has 0 spiro atoms. The summed E-state index contributed by atoms with van der Waals surface area (Å²) in [5.74, 6) is -1.86. The third-order valence-electron chi connectivity index (χ3n) is 3.96. The van der Waals surface area contributed by atoms with Crippen molar-refractivity contribution in [2.24, 2.45) is 0 Å². The van der Waals surface area contributed by atoms with Gasteiger partial charge in [-0.25, -0.2) is 8.42 Å². The van der Waals surface area contributed by atoms with E-state index in [9.17, 15) is 18.0 Å². The largest absolute Gasteiger partial charge is 0.396 e. The third-order valence-corrected chi connectivity index (χ3v) is 5.99. The van der Waals surface area contributed by atoms with E-state index in [1.165, 1.54) is 30.3 Å². The molecule has 2 rings (SSSR count). The molecule has 0 aliphatic heterocycles. The first kappa shape index (κ1) is 26.8.